The van der Waals surface area contributed by atoms with Crippen LogP contribution in [-0.2, 0) is 17.9 Å². The fourth-order valence-electron chi connectivity index (χ4n) is 4.47. The molecule has 0 radical (unpaired) electrons. The van der Waals surface area contributed by atoms with E-state index in [2.05, 4.69) is 15.7 Å². The number of nitrogens with one attached hydrogen (secondary N) is 2. The van der Waals surface area contributed by atoms with Crippen molar-refractivity contribution >= 4 is 17.7 Å². The molecule has 2 N–H and O–H groups in total. The number of carbonyl (C=O) groups excluding carboxylic acids is 3. The lowest BCUT2D eigenvalue weighted by Gasteiger charge is -2.41. The summed E-state index contributed by atoms with van der Waals surface area (Å²) in [4.78, 5) is 40.4. The number of amides is 3. The Hall–Kier alpha value is -3.16. The van der Waals surface area contributed by atoms with Crippen molar-refractivity contribution in [2.24, 2.45) is 0 Å². The summed E-state index contributed by atoms with van der Waals surface area (Å²) in [7, 11) is 1.64. The fraction of sp³-hybridized carbons (Fsp3) is 0.500. The molecule has 0 saturated heterocycles. The molecule has 8 nitrogen and oxygen atoms in total. The monoisotopic (exact) mass is 437 g/mol. The molecule has 2 aliphatic rings. The summed E-state index contributed by atoms with van der Waals surface area (Å²) < 4.78 is 1.49. The van der Waals surface area contributed by atoms with Crippen LogP contribution in [-0.4, -0.2) is 51.0 Å². The van der Waals surface area contributed by atoms with Crippen molar-refractivity contribution in [3.05, 3.63) is 53.3 Å². The Labute approximate surface area is 188 Å². The highest BCUT2D eigenvalue weighted by Gasteiger charge is 2.46. The van der Waals surface area contributed by atoms with Gasteiger partial charge in [0.15, 0.2) is 5.69 Å². The first kappa shape index (κ1) is 22.0. The maximum atomic E-state index is 13.2. The molecule has 8 heteroatoms. The average molecular weight is 438 g/mol. The molecule has 1 aromatic heterocycles. The Morgan fingerprint density at radius 1 is 1.12 bits per heavy atom. The highest BCUT2D eigenvalue weighted by Crippen LogP contribution is 2.27. The van der Waals surface area contributed by atoms with Gasteiger partial charge in [0.2, 0.25) is 5.91 Å². The summed E-state index contributed by atoms with van der Waals surface area (Å²) >= 11 is 0. The highest BCUT2D eigenvalue weighted by molar-refractivity contribution is 6.01. The molecule has 2 aromatic rings. The first-order valence-electron chi connectivity index (χ1n) is 11.4. The number of hydrogen-bond acceptors (Lipinski definition) is 4. The topological polar surface area (TPSA) is 96.3 Å². The summed E-state index contributed by atoms with van der Waals surface area (Å²) in [5, 5.41) is 10.4. The molecule has 0 unspecified atom stereocenters. The second kappa shape index (κ2) is 9.14. The van der Waals surface area contributed by atoms with Gasteiger partial charge in [-0.15, -0.1) is 0 Å². The van der Waals surface area contributed by atoms with E-state index in [1.165, 1.54) is 28.5 Å². The van der Waals surface area contributed by atoms with E-state index in [9.17, 15) is 14.4 Å². The maximum Gasteiger partial charge on any atom is 0.272 e. The van der Waals surface area contributed by atoms with Crippen molar-refractivity contribution in [1.82, 2.24) is 25.3 Å². The number of carbonyl (C=O) groups is 3. The molecular formula is C24H31N5O3. The molecule has 1 aliphatic heterocycles. The van der Waals surface area contributed by atoms with E-state index >= 15 is 0 Å². The van der Waals surface area contributed by atoms with E-state index in [0.29, 0.717) is 12.2 Å². The van der Waals surface area contributed by atoms with Crippen LogP contribution in [0.1, 0.15) is 72.0 Å². The van der Waals surface area contributed by atoms with Crippen molar-refractivity contribution < 1.29 is 14.4 Å². The Morgan fingerprint density at radius 3 is 2.50 bits per heavy atom. The summed E-state index contributed by atoms with van der Waals surface area (Å²) in [5.41, 5.74) is 0.395. The number of hydrogen-bond donors (Lipinski definition) is 2. The number of fused-ring (bicyclic) bond motifs is 1. The lowest BCUT2D eigenvalue weighted by atomic mass is 9.95. The lowest BCUT2D eigenvalue weighted by molar-refractivity contribution is -0.133. The minimum absolute atomic E-state index is 0.142. The number of rotatable bonds is 5. The summed E-state index contributed by atoms with van der Waals surface area (Å²) in [5.74, 6) is -0.836. The van der Waals surface area contributed by atoms with Gasteiger partial charge in [-0.05, 0) is 25.3 Å². The zero-order valence-corrected chi connectivity index (χ0v) is 18.8. The molecule has 4 rings (SSSR count). The van der Waals surface area contributed by atoms with Crippen LogP contribution in [0.3, 0.4) is 0 Å². The van der Waals surface area contributed by atoms with E-state index in [4.69, 9.17) is 0 Å². The Kier molecular flexibility index (Phi) is 6.30. The molecular weight excluding hydrogens is 406 g/mol. The van der Waals surface area contributed by atoms with Crippen LogP contribution in [0, 0.1) is 0 Å². The van der Waals surface area contributed by atoms with Gasteiger partial charge in [0.05, 0.1) is 6.54 Å². The van der Waals surface area contributed by atoms with Crippen molar-refractivity contribution in [2.75, 3.05) is 7.05 Å². The van der Waals surface area contributed by atoms with Gasteiger partial charge in [0.25, 0.3) is 11.8 Å². The molecule has 1 aliphatic carbocycles. The molecule has 0 bridgehead atoms. The first-order valence-corrected chi connectivity index (χ1v) is 11.4. The Morgan fingerprint density at radius 2 is 1.81 bits per heavy atom. The van der Waals surface area contributed by atoms with E-state index in [1.54, 1.807) is 14.0 Å². The van der Waals surface area contributed by atoms with Crippen molar-refractivity contribution in [1.29, 1.82) is 0 Å². The third kappa shape index (κ3) is 4.40. The second-order valence-electron chi connectivity index (χ2n) is 9.04. The van der Waals surface area contributed by atoms with Crippen LogP contribution in [0.4, 0.5) is 0 Å². The SMILES string of the molecule is CN1C(=O)c2cc(C(=O)NCc3ccccc3)nn2C[C@]1(C)C(=O)NC1CCCCCC1. The fourth-order valence-corrected chi connectivity index (χ4v) is 4.47. The number of likely N-dealkylation sites (N-methyl/N-ethyl adjacent to an activating group) is 1. The largest absolute Gasteiger partial charge is 0.351 e. The van der Waals surface area contributed by atoms with Gasteiger partial charge in [-0.1, -0.05) is 56.0 Å². The quantitative estimate of drug-likeness (QED) is 0.703. The smallest absolute Gasteiger partial charge is 0.272 e. The average Bonchev–Trinajstić information content (AvgIpc) is 3.05. The van der Waals surface area contributed by atoms with Crippen molar-refractivity contribution in [3.63, 3.8) is 0 Å². The molecule has 3 amide bonds. The van der Waals surface area contributed by atoms with Gasteiger partial charge in [-0.3, -0.25) is 19.1 Å². The summed E-state index contributed by atoms with van der Waals surface area (Å²) in [6.45, 7) is 2.34. The maximum absolute atomic E-state index is 13.2. The molecule has 2 heterocycles. The highest BCUT2D eigenvalue weighted by atomic mass is 16.2. The minimum atomic E-state index is -1.07. The van der Waals surface area contributed by atoms with Crippen molar-refractivity contribution in [2.45, 2.75) is 70.1 Å². The minimum Gasteiger partial charge on any atom is -0.351 e. The number of benzene rings is 1. The van der Waals surface area contributed by atoms with Crippen LogP contribution in [0.2, 0.25) is 0 Å². The summed E-state index contributed by atoms with van der Waals surface area (Å²) in [6.07, 6.45) is 6.57. The van der Waals surface area contributed by atoms with Gasteiger partial charge in [-0.25, -0.2) is 0 Å². The zero-order chi connectivity index (χ0) is 22.7. The third-order valence-corrected chi connectivity index (χ3v) is 6.71. The molecule has 1 saturated carbocycles. The Balaban J connectivity index is 1.48. The zero-order valence-electron chi connectivity index (χ0n) is 18.8. The predicted octanol–water partition coefficient (Wildman–Crippen LogP) is 2.50. The van der Waals surface area contributed by atoms with Crippen LogP contribution >= 0.6 is 0 Å². The third-order valence-electron chi connectivity index (χ3n) is 6.71. The first-order chi connectivity index (χ1) is 15.4. The van der Waals surface area contributed by atoms with Crippen LogP contribution in [0.15, 0.2) is 36.4 Å². The lowest BCUT2D eigenvalue weighted by Crippen LogP contribution is -2.63. The van der Waals surface area contributed by atoms with Crippen molar-refractivity contribution in [3.8, 4) is 0 Å². The number of nitrogens with zero attached hydrogens (tertiary/aromatic N) is 3. The molecule has 32 heavy (non-hydrogen) atoms. The van der Waals surface area contributed by atoms with E-state index in [0.717, 1.165) is 31.2 Å². The second-order valence-corrected chi connectivity index (χ2v) is 9.04. The predicted molar refractivity (Wildman–Crippen MR) is 120 cm³/mol. The normalized spacial score (nSPS) is 21.6. The van der Waals surface area contributed by atoms with Crippen LogP contribution in [0.25, 0.3) is 0 Å². The molecule has 0 spiro atoms. The Bertz CT molecular complexity index is 994. The standard InChI is InChI=1S/C24H31N5O3/c1-24(23(32)26-18-12-8-3-4-9-13-18)16-29-20(22(31)28(24)2)14-19(27-29)21(30)25-15-17-10-6-5-7-11-17/h5-7,10-11,14,18H,3-4,8-9,12-13,15-16H2,1-2H3,(H,25,30)(H,26,32)/t24-/m1/s1. The molecule has 1 atom stereocenters. The van der Waals surface area contributed by atoms with E-state index in [1.807, 2.05) is 30.3 Å². The van der Waals surface area contributed by atoms with Gasteiger partial charge < -0.3 is 15.5 Å². The van der Waals surface area contributed by atoms with Gasteiger partial charge >= 0.3 is 0 Å². The molecule has 170 valence electrons. The van der Waals surface area contributed by atoms with E-state index in [-0.39, 0.29) is 36.0 Å². The van der Waals surface area contributed by atoms with Crippen LogP contribution in [0.5, 0.6) is 0 Å². The molecule has 1 aromatic carbocycles. The number of aromatic nitrogens is 2. The summed E-state index contributed by atoms with van der Waals surface area (Å²) in [6, 6.07) is 11.2. The van der Waals surface area contributed by atoms with Crippen LogP contribution < -0.4 is 10.6 Å². The van der Waals surface area contributed by atoms with Gasteiger partial charge in [-0.2, -0.15) is 5.10 Å². The van der Waals surface area contributed by atoms with Gasteiger partial charge in [0, 0.05) is 25.7 Å². The van der Waals surface area contributed by atoms with E-state index < -0.39 is 5.54 Å². The van der Waals surface area contributed by atoms with Gasteiger partial charge in [0.1, 0.15) is 11.2 Å². The molecule has 1 fully saturated rings.